The standard InChI is InChI=1S/C17H24N4O2S2.2ClH/c1-20(17(22)13-12-25-16(19-13)4-5-18)11-14(15-3-2-10-24-15)21-6-8-23-9-7-21;;/h2-3,10,12,14H,4-9,11,18H2,1H3;2*1H. The third-order valence-electron chi connectivity index (χ3n) is 4.28. The molecule has 1 aliphatic heterocycles. The van der Waals surface area contributed by atoms with E-state index >= 15 is 0 Å². The van der Waals surface area contributed by atoms with Gasteiger partial charge < -0.3 is 15.4 Å². The van der Waals surface area contributed by atoms with E-state index in [1.54, 1.807) is 16.2 Å². The van der Waals surface area contributed by atoms with Gasteiger partial charge in [0.05, 0.1) is 24.3 Å². The number of halogens is 2. The predicted molar refractivity (Wildman–Crippen MR) is 116 cm³/mol. The number of ether oxygens (including phenoxy) is 1. The number of likely N-dealkylation sites (N-methyl/N-ethyl adjacent to an activating group) is 1. The largest absolute Gasteiger partial charge is 0.379 e. The van der Waals surface area contributed by atoms with Gasteiger partial charge >= 0.3 is 0 Å². The molecule has 3 rings (SSSR count). The van der Waals surface area contributed by atoms with E-state index in [-0.39, 0.29) is 36.8 Å². The molecule has 152 valence electrons. The summed E-state index contributed by atoms with van der Waals surface area (Å²) in [4.78, 5) is 22.6. The number of morpholine rings is 1. The van der Waals surface area contributed by atoms with Crippen molar-refractivity contribution in [2.24, 2.45) is 5.73 Å². The lowest BCUT2D eigenvalue weighted by Crippen LogP contribution is -2.44. The van der Waals surface area contributed by atoms with Crippen molar-refractivity contribution in [1.82, 2.24) is 14.8 Å². The van der Waals surface area contributed by atoms with Crippen molar-refractivity contribution in [1.29, 1.82) is 0 Å². The maximum atomic E-state index is 12.7. The maximum absolute atomic E-state index is 12.7. The van der Waals surface area contributed by atoms with E-state index in [1.165, 1.54) is 16.2 Å². The van der Waals surface area contributed by atoms with Gasteiger partial charge in [-0.2, -0.15) is 0 Å². The second-order valence-electron chi connectivity index (χ2n) is 6.03. The van der Waals surface area contributed by atoms with Crippen molar-refractivity contribution in [3.8, 4) is 0 Å². The molecule has 0 bridgehead atoms. The molecule has 1 unspecified atom stereocenters. The summed E-state index contributed by atoms with van der Waals surface area (Å²) in [5.74, 6) is -0.0330. The monoisotopic (exact) mass is 452 g/mol. The van der Waals surface area contributed by atoms with Crippen LogP contribution in [0.3, 0.4) is 0 Å². The van der Waals surface area contributed by atoms with Gasteiger partial charge in [0.1, 0.15) is 5.69 Å². The Morgan fingerprint density at radius 1 is 1.37 bits per heavy atom. The van der Waals surface area contributed by atoms with Crippen LogP contribution in [0, 0.1) is 0 Å². The molecule has 2 aromatic rings. The van der Waals surface area contributed by atoms with Crippen LogP contribution in [0.1, 0.15) is 26.4 Å². The van der Waals surface area contributed by atoms with Gasteiger partial charge in [0, 0.05) is 43.4 Å². The summed E-state index contributed by atoms with van der Waals surface area (Å²) >= 11 is 3.24. The van der Waals surface area contributed by atoms with Crippen molar-refractivity contribution in [3.05, 3.63) is 38.5 Å². The molecule has 1 saturated heterocycles. The van der Waals surface area contributed by atoms with E-state index in [2.05, 4.69) is 27.4 Å². The highest BCUT2D eigenvalue weighted by Crippen LogP contribution is 2.27. The Balaban J connectivity index is 0.00000182. The van der Waals surface area contributed by atoms with E-state index in [4.69, 9.17) is 10.5 Å². The number of nitrogens with zero attached hydrogens (tertiary/aromatic N) is 3. The Bertz CT molecular complexity index is 678. The quantitative estimate of drug-likeness (QED) is 0.698. The average Bonchev–Trinajstić information content (AvgIpc) is 3.32. The van der Waals surface area contributed by atoms with Crippen molar-refractivity contribution in [2.45, 2.75) is 12.5 Å². The van der Waals surface area contributed by atoms with Gasteiger partial charge in [-0.3, -0.25) is 9.69 Å². The highest BCUT2D eigenvalue weighted by atomic mass is 35.5. The van der Waals surface area contributed by atoms with Crippen LogP contribution in [0.5, 0.6) is 0 Å². The molecule has 0 radical (unpaired) electrons. The number of amides is 1. The number of carbonyl (C=O) groups is 1. The lowest BCUT2D eigenvalue weighted by atomic mass is 10.1. The van der Waals surface area contributed by atoms with Gasteiger partial charge in [0.2, 0.25) is 0 Å². The summed E-state index contributed by atoms with van der Waals surface area (Å²) in [5.41, 5.74) is 6.08. The number of nitrogens with two attached hydrogens (primary N) is 1. The summed E-state index contributed by atoms with van der Waals surface area (Å²) in [7, 11) is 1.85. The second kappa shape index (κ2) is 12.0. The van der Waals surface area contributed by atoms with E-state index in [0.717, 1.165) is 31.3 Å². The molecule has 6 nitrogen and oxygen atoms in total. The zero-order chi connectivity index (χ0) is 17.6. The van der Waals surface area contributed by atoms with Crippen LogP contribution in [0.15, 0.2) is 22.9 Å². The summed E-state index contributed by atoms with van der Waals surface area (Å²) in [6.07, 6.45) is 0.716. The topological polar surface area (TPSA) is 71.7 Å². The van der Waals surface area contributed by atoms with Crippen molar-refractivity contribution in [2.75, 3.05) is 46.4 Å². The Morgan fingerprint density at radius 3 is 2.74 bits per heavy atom. The minimum atomic E-state index is -0.0330. The van der Waals surface area contributed by atoms with Gasteiger partial charge in [-0.1, -0.05) is 6.07 Å². The second-order valence-corrected chi connectivity index (χ2v) is 7.95. The molecule has 3 heterocycles. The number of thiazole rings is 1. The number of rotatable bonds is 7. The number of carbonyl (C=O) groups excluding carboxylic acids is 1. The fourth-order valence-corrected chi connectivity index (χ4v) is 4.58. The SMILES string of the molecule is CN(CC(c1cccs1)N1CCOCC1)C(=O)c1csc(CCN)n1.Cl.Cl. The van der Waals surface area contributed by atoms with Crippen LogP contribution in [-0.2, 0) is 11.2 Å². The lowest BCUT2D eigenvalue weighted by Gasteiger charge is -2.36. The van der Waals surface area contributed by atoms with Crippen molar-refractivity contribution >= 4 is 53.4 Å². The van der Waals surface area contributed by atoms with E-state index in [9.17, 15) is 4.79 Å². The van der Waals surface area contributed by atoms with Crippen LogP contribution in [-0.4, -0.2) is 67.1 Å². The Hall–Kier alpha value is -0.740. The van der Waals surface area contributed by atoms with Gasteiger partial charge in [-0.05, 0) is 18.0 Å². The van der Waals surface area contributed by atoms with Crippen LogP contribution in [0.2, 0.25) is 0 Å². The molecular formula is C17H26Cl2N4O2S2. The summed E-state index contributed by atoms with van der Waals surface area (Å²) in [5, 5.41) is 4.84. The smallest absolute Gasteiger partial charge is 0.273 e. The van der Waals surface area contributed by atoms with Crippen LogP contribution in [0.4, 0.5) is 0 Å². The molecule has 0 aliphatic carbocycles. The molecule has 0 spiro atoms. The summed E-state index contributed by atoms with van der Waals surface area (Å²) in [6, 6.07) is 4.40. The normalized spacial score (nSPS) is 15.5. The number of hydrogen-bond acceptors (Lipinski definition) is 7. The zero-order valence-electron chi connectivity index (χ0n) is 15.2. The third-order valence-corrected chi connectivity index (χ3v) is 6.16. The first-order chi connectivity index (χ1) is 12.2. The van der Waals surface area contributed by atoms with E-state index in [1.807, 2.05) is 12.4 Å². The molecule has 2 aromatic heterocycles. The lowest BCUT2D eigenvalue weighted by molar-refractivity contribution is 0.0103. The molecule has 0 aromatic carbocycles. The molecule has 27 heavy (non-hydrogen) atoms. The molecule has 1 atom stereocenters. The maximum Gasteiger partial charge on any atom is 0.273 e. The van der Waals surface area contributed by atoms with E-state index in [0.29, 0.717) is 25.2 Å². The van der Waals surface area contributed by atoms with Gasteiger partial charge in [0.25, 0.3) is 5.91 Å². The van der Waals surface area contributed by atoms with Crippen molar-refractivity contribution < 1.29 is 9.53 Å². The van der Waals surface area contributed by atoms with Crippen LogP contribution >= 0.6 is 47.5 Å². The minimum Gasteiger partial charge on any atom is -0.379 e. The molecule has 10 heteroatoms. The zero-order valence-corrected chi connectivity index (χ0v) is 18.5. The molecule has 1 fully saturated rings. The third kappa shape index (κ3) is 6.39. The molecule has 2 N–H and O–H groups in total. The van der Waals surface area contributed by atoms with Gasteiger partial charge in [-0.15, -0.1) is 47.5 Å². The first-order valence-corrected chi connectivity index (χ1v) is 10.2. The Kier molecular flexibility index (Phi) is 10.8. The Labute approximate surface area is 180 Å². The van der Waals surface area contributed by atoms with Crippen LogP contribution in [0.25, 0.3) is 0 Å². The average molecular weight is 453 g/mol. The number of aromatic nitrogens is 1. The Morgan fingerprint density at radius 2 is 2.11 bits per heavy atom. The molecular weight excluding hydrogens is 427 g/mol. The van der Waals surface area contributed by atoms with E-state index < -0.39 is 0 Å². The highest BCUT2D eigenvalue weighted by Gasteiger charge is 2.27. The molecule has 0 saturated carbocycles. The fourth-order valence-electron chi connectivity index (χ4n) is 2.94. The summed E-state index contributed by atoms with van der Waals surface area (Å²) in [6.45, 7) is 4.46. The minimum absolute atomic E-state index is 0. The van der Waals surface area contributed by atoms with Crippen molar-refractivity contribution in [3.63, 3.8) is 0 Å². The molecule has 1 aliphatic rings. The number of hydrogen-bond donors (Lipinski definition) is 1. The number of thiophene rings is 1. The first kappa shape index (κ1) is 24.3. The predicted octanol–water partition coefficient (Wildman–Crippen LogP) is 2.69. The fraction of sp³-hybridized carbons (Fsp3) is 0.529. The molecule has 1 amide bonds. The highest BCUT2D eigenvalue weighted by molar-refractivity contribution is 7.10. The summed E-state index contributed by atoms with van der Waals surface area (Å²) < 4.78 is 5.48. The van der Waals surface area contributed by atoms with Crippen LogP contribution < -0.4 is 5.73 Å². The first-order valence-electron chi connectivity index (χ1n) is 8.44. The van der Waals surface area contributed by atoms with Gasteiger partial charge in [0.15, 0.2) is 0 Å². The van der Waals surface area contributed by atoms with Gasteiger partial charge in [-0.25, -0.2) is 4.98 Å².